The Hall–Kier alpha value is -2.60. The molecule has 21 heavy (non-hydrogen) atoms. The molecule has 0 saturated heterocycles. The largest absolute Gasteiger partial charge is 0.497 e. The van der Waals surface area contributed by atoms with Crippen LogP contribution in [0.5, 0.6) is 5.75 Å². The SMILES string of the molecule is COc1ccc(CNC(=O)c2cnc(C)cc2NN)cc1. The number of nitrogens with two attached hydrogens (primary N) is 1. The van der Waals surface area contributed by atoms with E-state index in [-0.39, 0.29) is 5.91 Å². The van der Waals surface area contributed by atoms with E-state index in [9.17, 15) is 4.79 Å². The molecule has 110 valence electrons. The number of amides is 1. The molecule has 6 heteroatoms. The van der Waals surface area contributed by atoms with Crippen molar-refractivity contribution in [1.29, 1.82) is 0 Å². The summed E-state index contributed by atoms with van der Waals surface area (Å²) < 4.78 is 5.09. The Morgan fingerprint density at radius 2 is 2.05 bits per heavy atom. The first kappa shape index (κ1) is 14.8. The van der Waals surface area contributed by atoms with Gasteiger partial charge in [-0.1, -0.05) is 12.1 Å². The molecule has 0 spiro atoms. The third kappa shape index (κ3) is 3.70. The number of methoxy groups -OCH3 is 1. The second-order valence-electron chi connectivity index (χ2n) is 4.55. The molecular weight excluding hydrogens is 268 g/mol. The number of aryl methyl sites for hydroxylation is 1. The molecule has 1 aromatic heterocycles. The van der Waals surface area contributed by atoms with Gasteiger partial charge in [-0.3, -0.25) is 15.6 Å². The number of pyridine rings is 1. The smallest absolute Gasteiger partial charge is 0.255 e. The van der Waals surface area contributed by atoms with Gasteiger partial charge in [0.15, 0.2) is 0 Å². The predicted molar refractivity (Wildman–Crippen MR) is 80.9 cm³/mol. The van der Waals surface area contributed by atoms with Gasteiger partial charge in [0.2, 0.25) is 0 Å². The van der Waals surface area contributed by atoms with E-state index in [0.29, 0.717) is 17.8 Å². The van der Waals surface area contributed by atoms with Gasteiger partial charge in [-0.2, -0.15) is 0 Å². The van der Waals surface area contributed by atoms with Crippen molar-refractivity contribution < 1.29 is 9.53 Å². The van der Waals surface area contributed by atoms with Crippen LogP contribution in [0.15, 0.2) is 36.5 Å². The molecule has 0 radical (unpaired) electrons. The first-order valence-electron chi connectivity index (χ1n) is 6.48. The molecule has 4 N–H and O–H groups in total. The molecule has 0 saturated carbocycles. The summed E-state index contributed by atoms with van der Waals surface area (Å²) in [5, 5.41) is 2.83. The molecule has 6 nitrogen and oxygen atoms in total. The maximum absolute atomic E-state index is 12.2. The summed E-state index contributed by atoms with van der Waals surface area (Å²) in [7, 11) is 1.61. The molecule has 2 aromatic rings. The zero-order chi connectivity index (χ0) is 15.2. The second-order valence-corrected chi connectivity index (χ2v) is 4.55. The lowest BCUT2D eigenvalue weighted by Gasteiger charge is -2.10. The van der Waals surface area contributed by atoms with Crippen molar-refractivity contribution in [1.82, 2.24) is 10.3 Å². The topological polar surface area (TPSA) is 89.3 Å². The number of nitrogens with one attached hydrogen (secondary N) is 2. The average molecular weight is 286 g/mol. The van der Waals surface area contributed by atoms with E-state index in [1.54, 1.807) is 13.2 Å². The van der Waals surface area contributed by atoms with Crippen LogP contribution in [0.2, 0.25) is 0 Å². The van der Waals surface area contributed by atoms with Crippen molar-refractivity contribution in [3.05, 3.63) is 53.3 Å². The molecule has 0 atom stereocenters. The fraction of sp³-hybridized carbons (Fsp3) is 0.200. The number of benzene rings is 1. The average Bonchev–Trinajstić information content (AvgIpc) is 2.52. The number of ether oxygens (including phenoxy) is 1. The van der Waals surface area contributed by atoms with Gasteiger partial charge in [0.1, 0.15) is 5.75 Å². The summed E-state index contributed by atoms with van der Waals surface area (Å²) in [5.74, 6) is 5.97. The Morgan fingerprint density at radius 1 is 1.33 bits per heavy atom. The number of nitrogen functional groups attached to an aromatic ring is 1. The highest BCUT2D eigenvalue weighted by Gasteiger charge is 2.11. The quantitative estimate of drug-likeness (QED) is 0.574. The summed E-state index contributed by atoms with van der Waals surface area (Å²) in [6.07, 6.45) is 1.51. The highest BCUT2D eigenvalue weighted by atomic mass is 16.5. The van der Waals surface area contributed by atoms with Gasteiger partial charge in [-0.05, 0) is 30.7 Å². The number of hydrogen-bond donors (Lipinski definition) is 3. The molecule has 1 amide bonds. The first-order chi connectivity index (χ1) is 10.1. The van der Waals surface area contributed by atoms with Crippen molar-refractivity contribution in [3.8, 4) is 5.75 Å². The van der Waals surface area contributed by atoms with E-state index in [2.05, 4.69) is 15.7 Å². The van der Waals surface area contributed by atoms with Crippen LogP contribution in [0.4, 0.5) is 5.69 Å². The third-order valence-corrected chi connectivity index (χ3v) is 3.05. The Morgan fingerprint density at radius 3 is 2.67 bits per heavy atom. The Bertz CT molecular complexity index is 626. The molecule has 0 fully saturated rings. The number of anilines is 1. The van der Waals surface area contributed by atoms with E-state index < -0.39 is 0 Å². The third-order valence-electron chi connectivity index (χ3n) is 3.05. The lowest BCUT2D eigenvalue weighted by Crippen LogP contribution is -2.25. The number of hydrogen-bond acceptors (Lipinski definition) is 5. The van der Waals surface area contributed by atoms with Crippen LogP contribution in [-0.4, -0.2) is 18.0 Å². The van der Waals surface area contributed by atoms with Crippen LogP contribution in [0.1, 0.15) is 21.6 Å². The lowest BCUT2D eigenvalue weighted by molar-refractivity contribution is 0.0951. The van der Waals surface area contributed by atoms with Crippen LogP contribution >= 0.6 is 0 Å². The molecule has 1 aromatic carbocycles. The van der Waals surface area contributed by atoms with Gasteiger partial charge in [0, 0.05) is 18.4 Å². The van der Waals surface area contributed by atoms with Gasteiger partial charge < -0.3 is 15.5 Å². The maximum atomic E-state index is 12.2. The molecule has 0 aliphatic heterocycles. The minimum Gasteiger partial charge on any atom is -0.497 e. The Labute approximate surface area is 123 Å². The van der Waals surface area contributed by atoms with Crippen molar-refractivity contribution >= 4 is 11.6 Å². The minimum absolute atomic E-state index is 0.230. The zero-order valence-corrected chi connectivity index (χ0v) is 12.0. The Balaban J connectivity index is 2.04. The highest BCUT2D eigenvalue weighted by molar-refractivity contribution is 5.99. The molecule has 0 aliphatic carbocycles. The van der Waals surface area contributed by atoms with E-state index in [4.69, 9.17) is 10.6 Å². The van der Waals surface area contributed by atoms with E-state index >= 15 is 0 Å². The monoisotopic (exact) mass is 286 g/mol. The summed E-state index contributed by atoms with van der Waals surface area (Å²) in [6, 6.07) is 9.22. The molecular formula is C15H18N4O2. The van der Waals surface area contributed by atoms with Crippen molar-refractivity contribution in [2.75, 3.05) is 12.5 Å². The van der Waals surface area contributed by atoms with E-state index in [1.165, 1.54) is 6.20 Å². The Kier molecular flexibility index (Phi) is 4.73. The lowest BCUT2D eigenvalue weighted by atomic mass is 10.2. The number of carbonyl (C=O) groups is 1. The summed E-state index contributed by atoms with van der Waals surface area (Å²) in [4.78, 5) is 16.3. The van der Waals surface area contributed by atoms with Crippen molar-refractivity contribution in [2.24, 2.45) is 5.84 Å². The number of hydrazine groups is 1. The first-order valence-corrected chi connectivity index (χ1v) is 6.48. The standard InChI is InChI=1S/C15H18N4O2/c1-10-7-14(19-16)13(9-17-10)15(20)18-8-11-3-5-12(21-2)6-4-11/h3-7,9H,8,16H2,1-2H3,(H,17,19)(H,18,20). The van der Waals surface area contributed by atoms with Crippen molar-refractivity contribution in [3.63, 3.8) is 0 Å². The van der Waals surface area contributed by atoms with E-state index in [1.807, 2.05) is 31.2 Å². The van der Waals surface area contributed by atoms with Crippen LogP contribution in [0, 0.1) is 6.92 Å². The minimum atomic E-state index is -0.230. The van der Waals surface area contributed by atoms with Gasteiger partial charge in [-0.15, -0.1) is 0 Å². The maximum Gasteiger partial charge on any atom is 0.255 e. The fourth-order valence-electron chi connectivity index (χ4n) is 1.88. The predicted octanol–water partition coefficient (Wildman–Crippen LogP) is 1.61. The van der Waals surface area contributed by atoms with Gasteiger partial charge in [-0.25, -0.2) is 0 Å². The molecule has 0 bridgehead atoms. The van der Waals surface area contributed by atoms with E-state index in [0.717, 1.165) is 17.0 Å². The normalized spacial score (nSPS) is 10.0. The summed E-state index contributed by atoms with van der Waals surface area (Å²) >= 11 is 0. The molecule has 0 unspecified atom stereocenters. The number of nitrogens with zero attached hydrogens (tertiary/aromatic N) is 1. The van der Waals surface area contributed by atoms with Gasteiger partial charge in [0.25, 0.3) is 5.91 Å². The van der Waals surface area contributed by atoms with Crippen LogP contribution in [0.25, 0.3) is 0 Å². The van der Waals surface area contributed by atoms with Gasteiger partial charge >= 0.3 is 0 Å². The van der Waals surface area contributed by atoms with Gasteiger partial charge in [0.05, 0.1) is 18.4 Å². The fourth-order valence-corrected chi connectivity index (χ4v) is 1.88. The molecule has 2 rings (SSSR count). The highest BCUT2D eigenvalue weighted by Crippen LogP contribution is 2.15. The number of aromatic nitrogens is 1. The summed E-state index contributed by atoms with van der Waals surface area (Å²) in [6.45, 7) is 2.25. The number of rotatable bonds is 5. The second kappa shape index (κ2) is 6.71. The molecule has 0 aliphatic rings. The zero-order valence-electron chi connectivity index (χ0n) is 12.0. The molecule has 1 heterocycles. The summed E-state index contributed by atoms with van der Waals surface area (Å²) in [5.41, 5.74) is 5.24. The van der Waals surface area contributed by atoms with Crippen LogP contribution in [-0.2, 0) is 6.54 Å². The van der Waals surface area contributed by atoms with Crippen LogP contribution in [0.3, 0.4) is 0 Å². The van der Waals surface area contributed by atoms with Crippen molar-refractivity contribution in [2.45, 2.75) is 13.5 Å². The number of carbonyl (C=O) groups excluding carboxylic acids is 1. The van der Waals surface area contributed by atoms with Crippen LogP contribution < -0.4 is 21.3 Å².